The lowest BCUT2D eigenvalue weighted by atomic mass is 10.2. The van der Waals surface area contributed by atoms with Crippen molar-refractivity contribution in [2.45, 2.75) is 6.92 Å². The van der Waals surface area contributed by atoms with Gasteiger partial charge in [-0.15, -0.1) is 0 Å². The molecule has 0 aromatic carbocycles. The minimum atomic E-state index is -1.01. The van der Waals surface area contributed by atoms with Crippen molar-refractivity contribution in [1.82, 2.24) is 14.6 Å². The number of aryl methyl sites for hydroxylation is 1. The molecule has 0 fully saturated rings. The number of halogens is 1. The minimum Gasteiger partial charge on any atom is -0.476 e. The first kappa shape index (κ1) is 9.14. The summed E-state index contributed by atoms with van der Waals surface area (Å²) in [4.78, 5) is 15.0. The molecule has 0 aliphatic carbocycles. The molecule has 0 spiro atoms. The Labute approximate surface area is 87.5 Å². The molecule has 2 heterocycles. The Hall–Kier alpha value is -1.43. The van der Waals surface area contributed by atoms with Crippen LogP contribution in [0.4, 0.5) is 0 Å². The molecule has 0 amide bonds. The number of carboxylic acids is 1. The molecular formula is C8H6BrN3O2. The highest BCUT2D eigenvalue weighted by Crippen LogP contribution is 2.17. The van der Waals surface area contributed by atoms with Crippen molar-refractivity contribution in [2.24, 2.45) is 0 Å². The third-order valence-electron chi connectivity index (χ3n) is 1.87. The Morgan fingerprint density at radius 2 is 2.29 bits per heavy atom. The van der Waals surface area contributed by atoms with Crippen molar-refractivity contribution in [1.29, 1.82) is 0 Å². The molecule has 2 rings (SSSR count). The molecule has 0 saturated carbocycles. The number of carboxylic acid groups (broad SMARTS) is 1. The number of nitrogens with zero attached hydrogens (tertiary/aromatic N) is 3. The van der Waals surface area contributed by atoms with E-state index in [1.807, 2.05) is 0 Å². The van der Waals surface area contributed by atoms with Gasteiger partial charge in [0.15, 0.2) is 11.3 Å². The van der Waals surface area contributed by atoms with Crippen LogP contribution in [0.3, 0.4) is 0 Å². The summed E-state index contributed by atoms with van der Waals surface area (Å²) in [5.74, 6) is -1.01. The number of aromatic nitrogens is 3. The highest BCUT2D eigenvalue weighted by molar-refractivity contribution is 9.10. The maximum absolute atomic E-state index is 10.9. The van der Waals surface area contributed by atoms with E-state index < -0.39 is 5.97 Å². The van der Waals surface area contributed by atoms with Gasteiger partial charge in [0.25, 0.3) is 0 Å². The van der Waals surface area contributed by atoms with E-state index in [1.54, 1.807) is 6.92 Å². The normalized spacial score (nSPS) is 10.7. The molecule has 2 aromatic heterocycles. The summed E-state index contributed by atoms with van der Waals surface area (Å²) >= 11 is 3.24. The Balaban J connectivity index is 2.90. The molecular weight excluding hydrogens is 250 g/mol. The van der Waals surface area contributed by atoms with Crippen molar-refractivity contribution in [3.05, 3.63) is 28.1 Å². The van der Waals surface area contributed by atoms with Crippen LogP contribution in [0.25, 0.3) is 5.65 Å². The smallest absolute Gasteiger partial charge is 0.354 e. The summed E-state index contributed by atoms with van der Waals surface area (Å²) in [6.45, 7) is 1.69. The largest absolute Gasteiger partial charge is 0.476 e. The predicted molar refractivity (Wildman–Crippen MR) is 52.4 cm³/mol. The van der Waals surface area contributed by atoms with Crippen molar-refractivity contribution >= 4 is 27.5 Å². The molecule has 0 bridgehead atoms. The van der Waals surface area contributed by atoms with Crippen molar-refractivity contribution in [3.63, 3.8) is 0 Å². The van der Waals surface area contributed by atoms with Crippen LogP contribution in [0.2, 0.25) is 0 Å². The lowest BCUT2D eigenvalue weighted by molar-refractivity contribution is 0.0686. The summed E-state index contributed by atoms with van der Waals surface area (Å²) in [6.07, 6.45) is 3.04. The molecule has 0 radical (unpaired) electrons. The van der Waals surface area contributed by atoms with Gasteiger partial charge in [-0.2, -0.15) is 5.10 Å². The van der Waals surface area contributed by atoms with Gasteiger partial charge in [0.05, 0.1) is 10.7 Å². The summed E-state index contributed by atoms with van der Waals surface area (Å²) in [5.41, 5.74) is 1.23. The van der Waals surface area contributed by atoms with Crippen molar-refractivity contribution in [3.8, 4) is 0 Å². The Morgan fingerprint density at radius 1 is 1.57 bits per heavy atom. The number of aromatic carboxylic acids is 1. The number of hydrogen-bond acceptors (Lipinski definition) is 3. The molecule has 0 unspecified atom stereocenters. The average Bonchev–Trinajstić information content (AvgIpc) is 2.47. The predicted octanol–water partition coefficient (Wildman–Crippen LogP) is 1.50. The number of fused-ring (bicyclic) bond motifs is 1. The lowest BCUT2D eigenvalue weighted by Gasteiger charge is -2.02. The lowest BCUT2D eigenvalue weighted by Crippen LogP contribution is -2.09. The van der Waals surface area contributed by atoms with Crippen LogP contribution in [0, 0.1) is 6.92 Å². The summed E-state index contributed by atoms with van der Waals surface area (Å²) in [7, 11) is 0. The van der Waals surface area contributed by atoms with Gasteiger partial charge < -0.3 is 5.11 Å². The van der Waals surface area contributed by atoms with Gasteiger partial charge in [-0.3, -0.25) is 0 Å². The van der Waals surface area contributed by atoms with E-state index in [2.05, 4.69) is 26.0 Å². The summed E-state index contributed by atoms with van der Waals surface area (Å²) in [6, 6.07) is 0. The molecule has 0 aliphatic rings. The van der Waals surface area contributed by atoms with Crippen LogP contribution in [0.1, 0.15) is 16.1 Å². The fourth-order valence-electron chi connectivity index (χ4n) is 1.25. The van der Waals surface area contributed by atoms with E-state index in [0.717, 1.165) is 0 Å². The van der Waals surface area contributed by atoms with Gasteiger partial charge in [-0.1, -0.05) is 0 Å². The average molecular weight is 256 g/mol. The van der Waals surface area contributed by atoms with Crippen molar-refractivity contribution in [2.75, 3.05) is 0 Å². The minimum absolute atomic E-state index is 0.140. The molecule has 6 heteroatoms. The van der Waals surface area contributed by atoms with E-state index >= 15 is 0 Å². The van der Waals surface area contributed by atoms with Crippen LogP contribution in [0.5, 0.6) is 0 Å². The first-order chi connectivity index (χ1) is 6.61. The van der Waals surface area contributed by atoms with E-state index in [1.165, 1.54) is 16.9 Å². The molecule has 72 valence electrons. The van der Waals surface area contributed by atoms with E-state index in [4.69, 9.17) is 5.11 Å². The second-order valence-corrected chi connectivity index (χ2v) is 3.68. The van der Waals surface area contributed by atoms with Crippen LogP contribution in [-0.2, 0) is 0 Å². The van der Waals surface area contributed by atoms with E-state index in [9.17, 15) is 4.79 Å². The first-order valence-electron chi connectivity index (χ1n) is 3.83. The van der Waals surface area contributed by atoms with Crippen molar-refractivity contribution < 1.29 is 9.90 Å². The number of hydrogen-bond donors (Lipinski definition) is 1. The van der Waals surface area contributed by atoms with Gasteiger partial charge in [0, 0.05) is 11.8 Å². The zero-order chi connectivity index (χ0) is 10.3. The summed E-state index contributed by atoms with van der Waals surface area (Å²) < 4.78 is 1.99. The number of carbonyl (C=O) groups is 1. The van der Waals surface area contributed by atoms with Crippen LogP contribution in [-0.4, -0.2) is 25.7 Å². The quantitative estimate of drug-likeness (QED) is 0.839. The first-order valence-corrected chi connectivity index (χ1v) is 4.62. The molecule has 5 nitrogen and oxygen atoms in total. The standard InChI is InChI=1S/C8H6BrN3O2/c1-4-2-10-7-5(9)3-11-12(7)6(4)8(13)14/h2-3H,1H3,(H,13,14). The maximum atomic E-state index is 10.9. The third-order valence-corrected chi connectivity index (χ3v) is 2.43. The Kier molecular flexibility index (Phi) is 1.99. The second-order valence-electron chi connectivity index (χ2n) is 2.82. The SMILES string of the molecule is Cc1cnc2c(Br)cnn2c1C(=O)O. The zero-order valence-corrected chi connectivity index (χ0v) is 8.82. The fourth-order valence-corrected chi connectivity index (χ4v) is 1.61. The topological polar surface area (TPSA) is 67.5 Å². The fraction of sp³-hybridized carbons (Fsp3) is 0.125. The molecule has 0 saturated heterocycles. The molecule has 2 aromatic rings. The Morgan fingerprint density at radius 3 is 2.93 bits per heavy atom. The zero-order valence-electron chi connectivity index (χ0n) is 7.23. The molecule has 14 heavy (non-hydrogen) atoms. The van der Waals surface area contributed by atoms with Gasteiger partial charge in [-0.25, -0.2) is 14.3 Å². The van der Waals surface area contributed by atoms with Gasteiger partial charge in [0.2, 0.25) is 0 Å². The maximum Gasteiger partial charge on any atom is 0.354 e. The highest BCUT2D eigenvalue weighted by atomic mass is 79.9. The molecule has 0 aliphatic heterocycles. The van der Waals surface area contributed by atoms with Gasteiger partial charge >= 0.3 is 5.97 Å². The molecule has 1 N–H and O–H groups in total. The monoisotopic (exact) mass is 255 g/mol. The van der Waals surface area contributed by atoms with Crippen LogP contribution >= 0.6 is 15.9 Å². The van der Waals surface area contributed by atoms with Gasteiger partial charge in [-0.05, 0) is 22.9 Å². The Bertz CT molecular complexity index is 521. The highest BCUT2D eigenvalue weighted by Gasteiger charge is 2.15. The number of rotatable bonds is 1. The summed E-state index contributed by atoms with van der Waals surface area (Å²) in [5, 5.41) is 12.9. The third kappa shape index (κ3) is 1.19. The van der Waals surface area contributed by atoms with Crippen LogP contribution in [0.15, 0.2) is 16.9 Å². The van der Waals surface area contributed by atoms with Crippen LogP contribution < -0.4 is 0 Å². The van der Waals surface area contributed by atoms with E-state index in [0.29, 0.717) is 15.7 Å². The van der Waals surface area contributed by atoms with Gasteiger partial charge in [0.1, 0.15) is 0 Å². The molecule has 0 atom stereocenters. The van der Waals surface area contributed by atoms with E-state index in [-0.39, 0.29) is 5.69 Å². The second kappa shape index (κ2) is 3.06.